The molecule has 5 heteroatoms. The van der Waals surface area contributed by atoms with E-state index >= 15 is 0 Å². The van der Waals surface area contributed by atoms with Gasteiger partial charge in [0.05, 0.1) is 6.61 Å². The third-order valence-corrected chi connectivity index (χ3v) is 1.58. The van der Waals surface area contributed by atoms with Gasteiger partial charge in [-0.2, -0.15) is 0 Å². The zero-order valence-electron chi connectivity index (χ0n) is 9.69. The number of hydrogen-bond donors (Lipinski definition) is 0. The largest absolute Gasteiger partial charge is 0.460 e. The van der Waals surface area contributed by atoms with Gasteiger partial charge in [0.15, 0.2) is 0 Å². The fraction of sp³-hybridized carbons (Fsp3) is 0.636. The molecule has 0 spiro atoms. The summed E-state index contributed by atoms with van der Waals surface area (Å²) in [7, 11) is 0. The number of rotatable bonds is 4. The summed E-state index contributed by atoms with van der Waals surface area (Å²) in [5.74, 6) is -1.13. The van der Waals surface area contributed by atoms with Crippen molar-refractivity contribution in [3.8, 4) is 0 Å². The molecule has 1 aliphatic heterocycles. The molecule has 0 bridgehead atoms. The van der Waals surface area contributed by atoms with Crippen LogP contribution in [-0.4, -0.2) is 36.9 Å². The SMILES string of the molecule is CC(C)(C)OC(=O)/C=C\C(=O)OCC1CO1. The molecule has 0 aromatic carbocycles. The van der Waals surface area contributed by atoms with Crippen molar-refractivity contribution >= 4 is 11.9 Å². The van der Waals surface area contributed by atoms with Crippen molar-refractivity contribution in [3.63, 3.8) is 0 Å². The Morgan fingerprint density at radius 1 is 1.31 bits per heavy atom. The molecular formula is C11H16O5. The number of carbonyl (C=O) groups excluding carboxylic acids is 2. The lowest BCUT2D eigenvalue weighted by molar-refractivity contribution is -0.149. The molecule has 0 aromatic heterocycles. The maximum Gasteiger partial charge on any atom is 0.331 e. The predicted octanol–water partition coefficient (Wildman–Crippen LogP) is 0.826. The molecule has 0 saturated carbocycles. The van der Waals surface area contributed by atoms with Crippen LogP contribution in [-0.2, 0) is 23.8 Å². The minimum Gasteiger partial charge on any atom is -0.460 e. The van der Waals surface area contributed by atoms with Crippen molar-refractivity contribution < 1.29 is 23.8 Å². The van der Waals surface area contributed by atoms with Gasteiger partial charge < -0.3 is 14.2 Å². The number of epoxide rings is 1. The highest BCUT2D eigenvalue weighted by atomic mass is 16.6. The summed E-state index contributed by atoms with van der Waals surface area (Å²) in [6.45, 7) is 6.12. The van der Waals surface area contributed by atoms with Crippen LogP contribution >= 0.6 is 0 Å². The second-order valence-corrected chi connectivity index (χ2v) is 4.45. The van der Waals surface area contributed by atoms with Gasteiger partial charge in [0.25, 0.3) is 0 Å². The summed E-state index contributed by atoms with van der Waals surface area (Å²) < 4.78 is 14.6. The van der Waals surface area contributed by atoms with E-state index in [9.17, 15) is 9.59 Å². The molecule has 1 rings (SSSR count). The van der Waals surface area contributed by atoms with Crippen LogP contribution in [0.15, 0.2) is 12.2 Å². The summed E-state index contributed by atoms with van der Waals surface area (Å²) in [5.41, 5.74) is -0.562. The monoisotopic (exact) mass is 228 g/mol. The second kappa shape index (κ2) is 5.12. The van der Waals surface area contributed by atoms with Gasteiger partial charge in [-0.15, -0.1) is 0 Å². The molecule has 1 fully saturated rings. The first kappa shape index (κ1) is 12.7. The number of hydrogen-bond acceptors (Lipinski definition) is 5. The number of carbonyl (C=O) groups is 2. The van der Waals surface area contributed by atoms with Gasteiger partial charge in [-0.3, -0.25) is 0 Å². The van der Waals surface area contributed by atoms with E-state index in [-0.39, 0.29) is 12.7 Å². The molecule has 5 nitrogen and oxygen atoms in total. The van der Waals surface area contributed by atoms with Crippen LogP contribution in [0.25, 0.3) is 0 Å². The van der Waals surface area contributed by atoms with Crippen molar-refractivity contribution in [2.75, 3.05) is 13.2 Å². The Morgan fingerprint density at radius 3 is 2.38 bits per heavy atom. The van der Waals surface area contributed by atoms with Gasteiger partial charge in [-0.05, 0) is 20.8 Å². The molecule has 90 valence electrons. The van der Waals surface area contributed by atoms with Crippen molar-refractivity contribution in [3.05, 3.63) is 12.2 Å². The number of esters is 2. The predicted molar refractivity (Wildman–Crippen MR) is 55.7 cm³/mol. The van der Waals surface area contributed by atoms with Crippen molar-refractivity contribution in [2.24, 2.45) is 0 Å². The van der Waals surface area contributed by atoms with Crippen molar-refractivity contribution in [1.29, 1.82) is 0 Å². The summed E-state index contributed by atoms with van der Waals surface area (Å²) in [6.07, 6.45) is 2.14. The van der Waals surface area contributed by atoms with Gasteiger partial charge in [0.2, 0.25) is 0 Å². The molecule has 16 heavy (non-hydrogen) atoms. The fourth-order valence-corrected chi connectivity index (χ4v) is 0.859. The quantitative estimate of drug-likeness (QED) is 0.405. The van der Waals surface area contributed by atoms with Crippen LogP contribution < -0.4 is 0 Å². The molecule has 1 unspecified atom stereocenters. The Morgan fingerprint density at radius 2 is 1.88 bits per heavy atom. The van der Waals surface area contributed by atoms with Gasteiger partial charge in [0, 0.05) is 12.2 Å². The van der Waals surface area contributed by atoms with E-state index in [0.29, 0.717) is 6.61 Å². The van der Waals surface area contributed by atoms with E-state index in [4.69, 9.17) is 14.2 Å². The molecule has 1 atom stereocenters. The maximum absolute atomic E-state index is 11.2. The zero-order chi connectivity index (χ0) is 12.2. The van der Waals surface area contributed by atoms with Gasteiger partial charge in [0.1, 0.15) is 18.3 Å². The van der Waals surface area contributed by atoms with Crippen LogP contribution in [0.2, 0.25) is 0 Å². The van der Waals surface area contributed by atoms with Gasteiger partial charge >= 0.3 is 11.9 Å². The third kappa shape index (κ3) is 6.19. The molecule has 0 aromatic rings. The summed E-state index contributed by atoms with van der Waals surface area (Å²) in [6, 6.07) is 0. The fourth-order valence-electron chi connectivity index (χ4n) is 0.859. The Bertz CT molecular complexity index is 296. The van der Waals surface area contributed by atoms with Crippen LogP contribution in [0, 0.1) is 0 Å². The maximum atomic E-state index is 11.2. The molecule has 1 saturated heterocycles. The lowest BCUT2D eigenvalue weighted by atomic mass is 10.2. The Hall–Kier alpha value is -1.36. The normalized spacial score (nSPS) is 19.6. The molecular weight excluding hydrogens is 212 g/mol. The van der Waals surface area contributed by atoms with E-state index in [2.05, 4.69) is 0 Å². The highest BCUT2D eigenvalue weighted by Gasteiger charge is 2.23. The molecule has 0 aliphatic carbocycles. The molecule has 0 radical (unpaired) electrons. The highest BCUT2D eigenvalue weighted by molar-refractivity contribution is 5.91. The van der Waals surface area contributed by atoms with Gasteiger partial charge in [-0.25, -0.2) is 9.59 Å². The van der Waals surface area contributed by atoms with E-state index in [1.807, 2.05) is 0 Å². The average molecular weight is 228 g/mol. The van der Waals surface area contributed by atoms with Crippen molar-refractivity contribution in [2.45, 2.75) is 32.5 Å². The molecule has 1 aliphatic rings. The molecule has 0 N–H and O–H groups in total. The summed E-state index contributed by atoms with van der Waals surface area (Å²) in [5, 5.41) is 0. The average Bonchev–Trinajstić information content (AvgIpc) is 2.92. The summed E-state index contributed by atoms with van der Waals surface area (Å²) in [4.78, 5) is 22.2. The third-order valence-electron chi connectivity index (χ3n) is 1.58. The second-order valence-electron chi connectivity index (χ2n) is 4.45. The zero-order valence-corrected chi connectivity index (χ0v) is 9.69. The molecule has 0 amide bonds. The highest BCUT2D eigenvalue weighted by Crippen LogP contribution is 2.09. The van der Waals surface area contributed by atoms with E-state index in [1.165, 1.54) is 0 Å². The Labute approximate surface area is 94.4 Å². The summed E-state index contributed by atoms with van der Waals surface area (Å²) >= 11 is 0. The van der Waals surface area contributed by atoms with Gasteiger partial charge in [-0.1, -0.05) is 0 Å². The first-order chi connectivity index (χ1) is 7.37. The molecule has 1 heterocycles. The topological polar surface area (TPSA) is 65.1 Å². The van der Waals surface area contributed by atoms with E-state index in [0.717, 1.165) is 12.2 Å². The van der Waals surface area contributed by atoms with Crippen LogP contribution in [0.1, 0.15) is 20.8 Å². The van der Waals surface area contributed by atoms with Crippen molar-refractivity contribution in [1.82, 2.24) is 0 Å². The first-order valence-electron chi connectivity index (χ1n) is 5.06. The number of ether oxygens (including phenoxy) is 3. The Balaban J connectivity index is 2.22. The van der Waals surface area contributed by atoms with Crippen LogP contribution in [0.4, 0.5) is 0 Å². The van der Waals surface area contributed by atoms with E-state index < -0.39 is 17.5 Å². The van der Waals surface area contributed by atoms with E-state index in [1.54, 1.807) is 20.8 Å². The smallest absolute Gasteiger partial charge is 0.331 e. The minimum absolute atomic E-state index is 0.0267. The lowest BCUT2D eigenvalue weighted by Crippen LogP contribution is -2.22. The van der Waals surface area contributed by atoms with Crippen LogP contribution in [0.5, 0.6) is 0 Å². The first-order valence-corrected chi connectivity index (χ1v) is 5.06. The Kier molecular flexibility index (Phi) is 4.06. The lowest BCUT2D eigenvalue weighted by Gasteiger charge is -2.17. The van der Waals surface area contributed by atoms with Crippen LogP contribution in [0.3, 0.4) is 0 Å². The minimum atomic E-state index is -0.568. The standard InChI is InChI=1S/C11H16O5/c1-11(2,3)16-10(13)5-4-9(12)15-7-8-6-14-8/h4-5,8H,6-7H2,1-3H3/b5-4-.